The molecule has 16 heavy (non-hydrogen) atoms. The van der Waals surface area contributed by atoms with Gasteiger partial charge in [-0.05, 0) is 49.4 Å². The molecule has 0 saturated heterocycles. The molecule has 0 aliphatic carbocycles. The summed E-state index contributed by atoms with van der Waals surface area (Å²) in [4.78, 5) is 0. The Bertz CT molecular complexity index is 154. The van der Waals surface area contributed by atoms with Gasteiger partial charge in [-0.25, -0.2) is 0 Å². The third-order valence-corrected chi connectivity index (χ3v) is 5.02. The van der Waals surface area contributed by atoms with Gasteiger partial charge in [0.2, 0.25) is 0 Å². The molecule has 0 nitrogen and oxygen atoms in total. The van der Waals surface area contributed by atoms with E-state index in [0.29, 0.717) is 10.8 Å². The van der Waals surface area contributed by atoms with Crippen LogP contribution in [0.5, 0.6) is 0 Å². The zero-order valence-corrected chi connectivity index (χ0v) is 12.4. The summed E-state index contributed by atoms with van der Waals surface area (Å²) in [5, 5.41) is 0. The van der Waals surface area contributed by atoms with E-state index in [-0.39, 0.29) is 0 Å². The van der Waals surface area contributed by atoms with Gasteiger partial charge in [0.1, 0.15) is 0 Å². The molecule has 0 atom stereocenters. The zero-order valence-electron chi connectivity index (χ0n) is 12.4. The van der Waals surface area contributed by atoms with E-state index >= 15 is 0 Å². The molecule has 0 unspecified atom stereocenters. The standard InChI is InChI=1S/C16H32/c1-7-15(8-2,9-3)13-14-16(10-4,11-5)12-6/h13-14H,7-12H2,1-6H3/b14-13+. The summed E-state index contributed by atoms with van der Waals surface area (Å²) < 4.78 is 0. The Morgan fingerprint density at radius 1 is 0.500 bits per heavy atom. The second-order valence-corrected chi connectivity index (χ2v) is 5.18. The van der Waals surface area contributed by atoms with Gasteiger partial charge < -0.3 is 0 Å². The number of allylic oxidation sites excluding steroid dienone is 2. The van der Waals surface area contributed by atoms with Crippen LogP contribution in [0.3, 0.4) is 0 Å². The van der Waals surface area contributed by atoms with Crippen molar-refractivity contribution in [3.63, 3.8) is 0 Å². The van der Waals surface area contributed by atoms with E-state index in [4.69, 9.17) is 0 Å². The maximum Gasteiger partial charge on any atom is -0.0126 e. The Hall–Kier alpha value is -0.260. The quantitative estimate of drug-likeness (QED) is 0.445. The molecule has 0 bridgehead atoms. The molecule has 96 valence electrons. The Morgan fingerprint density at radius 2 is 0.688 bits per heavy atom. The van der Waals surface area contributed by atoms with Gasteiger partial charge >= 0.3 is 0 Å². The molecule has 0 aromatic carbocycles. The first-order valence-corrected chi connectivity index (χ1v) is 7.27. The lowest BCUT2D eigenvalue weighted by Crippen LogP contribution is -2.19. The molecule has 0 saturated carbocycles. The molecule has 0 rings (SSSR count). The van der Waals surface area contributed by atoms with E-state index < -0.39 is 0 Å². The highest BCUT2D eigenvalue weighted by Gasteiger charge is 2.24. The molecular weight excluding hydrogens is 192 g/mol. The number of rotatable bonds is 8. The number of hydrogen-bond donors (Lipinski definition) is 0. The largest absolute Gasteiger partial charge is 0.0818 e. The van der Waals surface area contributed by atoms with Crippen molar-refractivity contribution in [2.24, 2.45) is 10.8 Å². The van der Waals surface area contributed by atoms with Crippen LogP contribution in [0.25, 0.3) is 0 Å². The van der Waals surface area contributed by atoms with Gasteiger partial charge in [-0.2, -0.15) is 0 Å². The van der Waals surface area contributed by atoms with Crippen LogP contribution in [0.4, 0.5) is 0 Å². The summed E-state index contributed by atoms with van der Waals surface area (Å²) in [5.41, 5.74) is 0.898. The highest BCUT2D eigenvalue weighted by molar-refractivity contribution is 5.05. The van der Waals surface area contributed by atoms with E-state index in [0.717, 1.165) is 0 Å². The molecule has 0 fully saturated rings. The van der Waals surface area contributed by atoms with Crippen LogP contribution in [-0.2, 0) is 0 Å². The second-order valence-electron chi connectivity index (χ2n) is 5.18. The van der Waals surface area contributed by atoms with Crippen molar-refractivity contribution in [3.8, 4) is 0 Å². The van der Waals surface area contributed by atoms with Gasteiger partial charge in [-0.15, -0.1) is 0 Å². The Kier molecular flexibility index (Phi) is 7.03. The average molecular weight is 224 g/mol. The minimum atomic E-state index is 0.449. The van der Waals surface area contributed by atoms with Crippen molar-refractivity contribution in [2.45, 2.75) is 80.1 Å². The lowest BCUT2D eigenvalue weighted by atomic mass is 9.74. The van der Waals surface area contributed by atoms with Gasteiger partial charge in [0.05, 0.1) is 0 Å². The molecule has 0 aliphatic heterocycles. The van der Waals surface area contributed by atoms with E-state index in [1.54, 1.807) is 0 Å². The van der Waals surface area contributed by atoms with E-state index in [2.05, 4.69) is 53.7 Å². The van der Waals surface area contributed by atoms with Crippen LogP contribution in [0.2, 0.25) is 0 Å². The van der Waals surface area contributed by atoms with Crippen LogP contribution >= 0.6 is 0 Å². The van der Waals surface area contributed by atoms with Gasteiger partial charge in [0.15, 0.2) is 0 Å². The van der Waals surface area contributed by atoms with Crippen LogP contribution < -0.4 is 0 Å². The first-order chi connectivity index (χ1) is 7.57. The third-order valence-electron chi connectivity index (χ3n) is 5.02. The van der Waals surface area contributed by atoms with Crippen LogP contribution in [0.15, 0.2) is 12.2 Å². The fourth-order valence-corrected chi connectivity index (χ4v) is 2.56. The SMILES string of the molecule is CCC(/C=C/C(CC)(CC)CC)(CC)CC. The third kappa shape index (κ3) is 3.64. The summed E-state index contributed by atoms with van der Waals surface area (Å²) in [6.45, 7) is 13.9. The van der Waals surface area contributed by atoms with Crippen LogP contribution in [0.1, 0.15) is 80.1 Å². The highest BCUT2D eigenvalue weighted by Crippen LogP contribution is 2.37. The van der Waals surface area contributed by atoms with Crippen molar-refractivity contribution in [1.29, 1.82) is 0 Å². The monoisotopic (exact) mass is 224 g/mol. The normalized spacial score (nSPS) is 13.6. The van der Waals surface area contributed by atoms with Gasteiger partial charge in [0, 0.05) is 0 Å². The molecule has 0 N–H and O–H groups in total. The predicted octanol–water partition coefficient (Wildman–Crippen LogP) is 5.98. The second kappa shape index (κ2) is 7.14. The minimum absolute atomic E-state index is 0.449. The first kappa shape index (κ1) is 15.7. The summed E-state index contributed by atoms with van der Waals surface area (Å²) in [5.74, 6) is 0. The van der Waals surface area contributed by atoms with Crippen molar-refractivity contribution in [1.82, 2.24) is 0 Å². The van der Waals surface area contributed by atoms with Crippen molar-refractivity contribution in [2.75, 3.05) is 0 Å². The maximum absolute atomic E-state index is 2.53. The molecule has 0 heteroatoms. The fraction of sp³-hybridized carbons (Fsp3) is 0.875. The average Bonchev–Trinajstić information content (AvgIpc) is 2.37. The lowest BCUT2D eigenvalue weighted by molar-refractivity contribution is 0.309. The smallest absolute Gasteiger partial charge is 0.0126 e. The maximum atomic E-state index is 2.53. The van der Waals surface area contributed by atoms with Crippen molar-refractivity contribution < 1.29 is 0 Å². The molecule has 0 aromatic heterocycles. The summed E-state index contributed by atoms with van der Waals surface area (Å²) in [6.07, 6.45) is 12.7. The van der Waals surface area contributed by atoms with E-state index in [1.807, 2.05) is 0 Å². The lowest BCUT2D eigenvalue weighted by Gasteiger charge is -2.31. The zero-order chi connectivity index (χ0) is 12.7. The molecule has 0 radical (unpaired) electrons. The topological polar surface area (TPSA) is 0 Å². The predicted molar refractivity (Wildman–Crippen MR) is 75.8 cm³/mol. The molecular formula is C16H32. The molecule has 0 spiro atoms. The van der Waals surface area contributed by atoms with Crippen LogP contribution in [0, 0.1) is 10.8 Å². The molecule has 0 heterocycles. The minimum Gasteiger partial charge on any atom is -0.0818 e. The van der Waals surface area contributed by atoms with E-state index in [9.17, 15) is 0 Å². The van der Waals surface area contributed by atoms with Crippen molar-refractivity contribution >= 4 is 0 Å². The Labute approximate surface area is 104 Å². The highest BCUT2D eigenvalue weighted by atomic mass is 14.3. The van der Waals surface area contributed by atoms with Crippen LogP contribution in [-0.4, -0.2) is 0 Å². The van der Waals surface area contributed by atoms with E-state index in [1.165, 1.54) is 38.5 Å². The van der Waals surface area contributed by atoms with Gasteiger partial charge in [-0.3, -0.25) is 0 Å². The molecule has 0 aliphatic rings. The first-order valence-electron chi connectivity index (χ1n) is 7.27. The fourth-order valence-electron chi connectivity index (χ4n) is 2.56. The number of hydrogen-bond acceptors (Lipinski definition) is 0. The Balaban J connectivity index is 4.88. The summed E-state index contributed by atoms with van der Waals surface area (Å²) >= 11 is 0. The molecule has 0 aromatic rings. The van der Waals surface area contributed by atoms with Gasteiger partial charge in [-0.1, -0.05) is 53.7 Å². The Morgan fingerprint density at radius 3 is 0.812 bits per heavy atom. The summed E-state index contributed by atoms with van der Waals surface area (Å²) in [7, 11) is 0. The molecule has 0 amide bonds. The van der Waals surface area contributed by atoms with Gasteiger partial charge in [0.25, 0.3) is 0 Å². The van der Waals surface area contributed by atoms with Crippen molar-refractivity contribution in [3.05, 3.63) is 12.2 Å². The summed E-state index contributed by atoms with van der Waals surface area (Å²) in [6, 6.07) is 0.